The molecule has 5 aliphatic rings. The number of hydrogen-bond donors (Lipinski definition) is 0. The average molecular weight is 947 g/mol. The molecule has 3 aliphatic carbocycles. The lowest BCUT2D eigenvalue weighted by Crippen LogP contribution is -2.62. The normalized spacial score (nSPS) is 20.2. The van der Waals surface area contributed by atoms with Crippen LogP contribution in [0.25, 0.3) is 42.4 Å². The molecule has 3 heterocycles. The fraction of sp³-hybridized carbons (Fsp3) is 0.373. The van der Waals surface area contributed by atoms with Crippen molar-refractivity contribution in [3.63, 3.8) is 0 Å². The van der Waals surface area contributed by atoms with Gasteiger partial charge in [0, 0.05) is 43.8 Å². The molecular weight excluding hydrogens is 876 g/mol. The average Bonchev–Trinajstić information content (AvgIpc) is 3.72. The van der Waals surface area contributed by atoms with Gasteiger partial charge >= 0.3 is 6.85 Å². The summed E-state index contributed by atoms with van der Waals surface area (Å²) in [5.74, 6) is 0. The Labute approximate surface area is 428 Å². The zero-order chi connectivity index (χ0) is 49.5. The van der Waals surface area contributed by atoms with Gasteiger partial charge in [-0.05, 0) is 193 Å². The van der Waals surface area contributed by atoms with Crippen molar-refractivity contribution < 1.29 is 0 Å². The first-order chi connectivity index (χ1) is 33.6. The van der Waals surface area contributed by atoms with Crippen molar-refractivity contribution in [2.45, 2.75) is 161 Å². The Hall–Kier alpha value is -5.58. The molecule has 1 aromatic heterocycles. The summed E-state index contributed by atoms with van der Waals surface area (Å²) in [5.41, 5.74) is 25.4. The van der Waals surface area contributed by atoms with Crippen LogP contribution >= 0.6 is 11.3 Å². The fourth-order valence-corrected chi connectivity index (χ4v) is 15.5. The number of thiophene rings is 1. The highest BCUT2D eigenvalue weighted by Gasteiger charge is 2.51. The van der Waals surface area contributed by atoms with Gasteiger partial charge in [-0.3, -0.25) is 0 Å². The summed E-state index contributed by atoms with van der Waals surface area (Å²) in [6.45, 7) is 32.3. The van der Waals surface area contributed by atoms with Gasteiger partial charge in [0.25, 0.3) is 0 Å². The molecular formula is C67H71BN2S. The first kappa shape index (κ1) is 45.3. The highest BCUT2D eigenvalue weighted by atomic mass is 32.1. The minimum atomic E-state index is -0.0758. The summed E-state index contributed by atoms with van der Waals surface area (Å²) in [4.78, 5) is 5.63. The zero-order valence-electron chi connectivity index (χ0n) is 44.7. The van der Waals surface area contributed by atoms with E-state index in [0.29, 0.717) is 0 Å². The van der Waals surface area contributed by atoms with Gasteiger partial charge in [-0.2, -0.15) is 0 Å². The van der Waals surface area contributed by atoms with Crippen LogP contribution in [-0.2, 0) is 32.5 Å². The van der Waals surface area contributed by atoms with Gasteiger partial charge in [-0.15, -0.1) is 11.3 Å². The van der Waals surface area contributed by atoms with Gasteiger partial charge in [0.2, 0.25) is 0 Å². The maximum absolute atomic E-state index is 2.82. The van der Waals surface area contributed by atoms with Crippen molar-refractivity contribution in [3.8, 4) is 22.3 Å². The van der Waals surface area contributed by atoms with Crippen LogP contribution in [0, 0.1) is 6.92 Å². The van der Waals surface area contributed by atoms with Gasteiger partial charge in [0.1, 0.15) is 0 Å². The van der Waals surface area contributed by atoms with Crippen molar-refractivity contribution in [2.75, 3.05) is 9.71 Å². The lowest BCUT2D eigenvalue weighted by Gasteiger charge is -2.50. The van der Waals surface area contributed by atoms with E-state index in [-0.39, 0.29) is 39.3 Å². The quantitative estimate of drug-likeness (QED) is 0.163. The van der Waals surface area contributed by atoms with Crippen molar-refractivity contribution in [1.29, 1.82) is 0 Å². The summed E-state index contributed by atoms with van der Waals surface area (Å²) in [6, 6.07) is 48.4. The molecule has 4 heteroatoms. The summed E-state index contributed by atoms with van der Waals surface area (Å²) in [5, 5.41) is 2.72. The molecule has 0 saturated heterocycles. The monoisotopic (exact) mass is 947 g/mol. The van der Waals surface area contributed by atoms with Crippen molar-refractivity contribution >= 4 is 77.7 Å². The molecule has 0 radical (unpaired) electrons. The predicted molar refractivity (Wildman–Crippen MR) is 309 cm³/mol. The molecule has 2 nitrogen and oxygen atoms in total. The van der Waals surface area contributed by atoms with E-state index < -0.39 is 0 Å². The molecule has 8 aromatic rings. The molecule has 0 amide bonds. The highest BCUT2D eigenvalue weighted by Crippen LogP contribution is 2.58. The van der Waals surface area contributed by atoms with E-state index in [1.165, 1.54) is 159 Å². The van der Waals surface area contributed by atoms with Crippen LogP contribution in [0.1, 0.15) is 161 Å². The summed E-state index contributed by atoms with van der Waals surface area (Å²) in [6.07, 6.45) is 7.07. The number of fused-ring (bicyclic) bond motifs is 11. The summed E-state index contributed by atoms with van der Waals surface area (Å²) < 4.78 is 2.74. The Balaban J connectivity index is 1.21. The molecule has 13 rings (SSSR count). The Kier molecular flexibility index (Phi) is 9.43. The predicted octanol–water partition coefficient (Wildman–Crippen LogP) is 17.8. The molecule has 0 fully saturated rings. The van der Waals surface area contributed by atoms with E-state index in [1.807, 2.05) is 11.3 Å². The van der Waals surface area contributed by atoms with Gasteiger partial charge in [0.15, 0.2) is 0 Å². The zero-order valence-corrected chi connectivity index (χ0v) is 45.5. The van der Waals surface area contributed by atoms with Gasteiger partial charge in [-0.25, -0.2) is 0 Å². The van der Waals surface area contributed by atoms with Crippen LogP contribution in [0.4, 0.5) is 28.4 Å². The second-order valence-electron chi connectivity index (χ2n) is 26.5. The van der Waals surface area contributed by atoms with Gasteiger partial charge in [0.05, 0.1) is 10.4 Å². The second kappa shape index (κ2) is 14.8. The lowest BCUT2D eigenvalue weighted by atomic mass is 9.42. The molecule has 0 saturated carbocycles. The molecule has 0 bridgehead atoms. The smallest absolute Gasteiger partial charge is 0.333 e. The molecule has 0 spiro atoms. The maximum Gasteiger partial charge on any atom is 0.333 e. The molecule has 7 aromatic carbocycles. The van der Waals surface area contributed by atoms with E-state index in [0.717, 1.165) is 0 Å². The highest BCUT2D eigenvalue weighted by molar-refractivity contribution is 7.26. The maximum atomic E-state index is 2.82. The molecule has 0 N–H and O–H groups in total. The molecule has 0 unspecified atom stereocenters. The van der Waals surface area contributed by atoms with Crippen LogP contribution in [0.2, 0.25) is 0 Å². The lowest BCUT2D eigenvalue weighted by molar-refractivity contribution is 0.331. The van der Waals surface area contributed by atoms with Crippen LogP contribution in [0.5, 0.6) is 0 Å². The molecule has 71 heavy (non-hydrogen) atoms. The number of benzene rings is 7. The Bertz CT molecular complexity index is 3560. The van der Waals surface area contributed by atoms with Crippen LogP contribution in [0.3, 0.4) is 0 Å². The first-order valence-corrected chi connectivity index (χ1v) is 27.7. The molecule has 2 aliphatic heterocycles. The minimum Gasteiger partial charge on any atom is -0.376 e. The number of nitrogens with zero attached hydrogens (tertiary/aromatic N) is 2. The third kappa shape index (κ3) is 6.51. The Morgan fingerprint density at radius 2 is 0.915 bits per heavy atom. The SMILES string of the molecule is Cc1cc2c(cc1N1c3cc4c(cc3B3c5c(cc6c(sc7ccccc76)c51)-c1cc5c(cc1N3c1ccc(-c3ccccc3)cc1)C(C)(C)CCC5(C)C)C(C)(C)CCC4(C)C)C(C)(C)CCC2(C)C. The van der Waals surface area contributed by atoms with Crippen molar-refractivity contribution in [3.05, 3.63) is 160 Å². The second-order valence-corrected chi connectivity index (χ2v) is 27.6. The largest absolute Gasteiger partial charge is 0.376 e. The Morgan fingerprint density at radius 3 is 1.51 bits per heavy atom. The first-order valence-electron chi connectivity index (χ1n) is 26.8. The molecule has 358 valence electrons. The van der Waals surface area contributed by atoms with E-state index in [9.17, 15) is 0 Å². The van der Waals surface area contributed by atoms with E-state index in [1.54, 1.807) is 0 Å². The number of hydrogen-bond acceptors (Lipinski definition) is 3. The van der Waals surface area contributed by atoms with Crippen LogP contribution in [-0.4, -0.2) is 6.85 Å². The summed E-state index contributed by atoms with van der Waals surface area (Å²) >= 11 is 2.00. The topological polar surface area (TPSA) is 6.48 Å². The third-order valence-electron chi connectivity index (χ3n) is 19.2. The standard InChI is InChI=1S/C67H71BN2S/c1-40-33-48-51(65(8,9)30-27-62(48,2)3)37-55(40)69-57-39-53-50(64(6,7)29-32-67(53,12)13)36-54(57)68-59-46(34-47-44-21-17-18-22-58(44)71-61(47)60(59)69)45-35-49-52(66(10,11)31-28-63(49,4)5)38-56(45)70(68)43-25-23-42(24-26-43)41-19-15-14-16-20-41/h14-26,33-39H,27-32H2,1-13H3. The van der Waals surface area contributed by atoms with Crippen LogP contribution in [0.15, 0.2) is 121 Å². The van der Waals surface area contributed by atoms with Gasteiger partial charge < -0.3 is 9.71 Å². The number of aryl methyl sites for hydroxylation is 1. The van der Waals surface area contributed by atoms with Gasteiger partial charge in [-0.1, -0.05) is 156 Å². The number of rotatable bonds is 3. The summed E-state index contributed by atoms with van der Waals surface area (Å²) in [7, 11) is 0. The Morgan fingerprint density at radius 1 is 0.437 bits per heavy atom. The van der Waals surface area contributed by atoms with Crippen molar-refractivity contribution in [1.82, 2.24) is 0 Å². The van der Waals surface area contributed by atoms with E-state index >= 15 is 0 Å². The number of anilines is 5. The van der Waals surface area contributed by atoms with E-state index in [2.05, 4.69) is 221 Å². The molecule has 0 atom stereocenters. The minimum absolute atomic E-state index is 0.0289. The fourth-order valence-electron chi connectivity index (χ4n) is 14.2. The van der Waals surface area contributed by atoms with Crippen molar-refractivity contribution in [2.24, 2.45) is 0 Å². The van der Waals surface area contributed by atoms with E-state index in [4.69, 9.17) is 0 Å². The van der Waals surface area contributed by atoms with Crippen LogP contribution < -0.4 is 20.6 Å². The third-order valence-corrected chi connectivity index (χ3v) is 20.3.